The summed E-state index contributed by atoms with van der Waals surface area (Å²) in [6.07, 6.45) is 2.63. The standard InChI is InChI=1S/C25H21ClN2O2/c26-20-12-9-19(10-13-20)23(28-22(29)15-8-17-5-2-1-3-6-17)21-14-11-18-7-4-16-27-24(18)25(21)30/h1-7,9-14,16,23,30H,8,15H2,(H,28,29)/t23-/m0/s1. The van der Waals surface area contributed by atoms with Gasteiger partial charge < -0.3 is 10.4 Å². The lowest BCUT2D eigenvalue weighted by molar-refractivity contribution is -0.121. The Morgan fingerprint density at radius 2 is 1.73 bits per heavy atom. The summed E-state index contributed by atoms with van der Waals surface area (Å²) in [5.74, 6) is -0.0317. The third-order valence-corrected chi connectivity index (χ3v) is 5.33. The molecule has 30 heavy (non-hydrogen) atoms. The second-order valence-corrected chi connectivity index (χ2v) is 7.55. The van der Waals surface area contributed by atoms with Crippen LogP contribution < -0.4 is 5.32 Å². The minimum Gasteiger partial charge on any atom is -0.505 e. The molecule has 2 N–H and O–H groups in total. The van der Waals surface area contributed by atoms with Crippen LogP contribution in [0.1, 0.15) is 29.2 Å². The summed E-state index contributed by atoms with van der Waals surface area (Å²) in [6, 6.07) is 24.1. The molecule has 1 amide bonds. The number of rotatable bonds is 6. The zero-order valence-electron chi connectivity index (χ0n) is 16.3. The number of phenols is 1. The van der Waals surface area contributed by atoms with Gasteiger partial charge in [-0.1, -0.05) is 72.3 Å². The molecule has 3 aromatic carbocycles. The van der Waals surface area contributed by atoms with E-state index in [1.807, 2.05) is 66.7 Å². The number of fused-ring (bicyclic) bond motifs is 1. The molecule has 0 aliphatic carbocycles. The molecule has 1 atom stereocenters. The molecule has 0 aliphatic heterocycles. The van der Waals surface area contributed by atoms with E-state index in [0.29, 0.717) is 28.9 Å². The quantitative estimate of drug-likeness (QED) is 0.440. The first-order valence-corrected chi connectivity index (χ1v) is 10.1. The summed E-state index contributed by atoms with van der Waals surface area (Å²) in [4.78, 5) is 17.1. The number of aryl methyl sites for hydroxylation is 1. The third kappa shape index (κ3) is 4.44. The molecule has 4 rings (SSSR count). The van der Waals surface area contributed by atoms with E-state index < -0.39 is 6.04 Å². The molecule has 0 saturated carbocycles. The van der Waals surface area contributed by atoms with Crippen LogP contribution in [0.4, 0.5) is 0 Å². The number of hydrogen-bond acceptors (Lipinski definition) is 3. The maximum atomic E-state index is 12.8. The van der Waals surface area contributed by atoms with Gasteiger partial charge in [-0.2, -0.15) is 0 Å². The van der Waals surface area contributed by atoms with E-state index in [4.69, 9.17) is 11.6 Å². The van der Waals surface area contributed by atoms with Crippen molar-refractivity contribution in [1.82, 2.24) is 10.3 Å². The van der Waals surface area contributed by atoms with E-state index in [1.165, 1.54) is 0 Å². The molecular formula is C25H21ClN2O2. The molecule has 150 valence electrons. The first kappa shape index (κ1) is 19.9. The van der Waals surface area contributed by atoms with Crippen molar-refractivity contribution in [3.63, 3.8) is 0 Å². The lowest BCUT2D eigenvalue weighted by Gasteiger charge is -2.21. The minimum absolute atomic E-state index is 0.0661. The predicted molar refractivity (Wildman–Crippen MR) is 120 cm³/mol. The van der Waals surface area contributed by atoms with Crippen LogP contribution in [0.15, 0.2) is 85.1 Å². The summed E-state index contributed by atoms with van der Waals surface area (Å²) in [5, 5.41) is 15.4. The van der Waals surface area contributed by atoms with Crippen LogP contribution in [-0.2, 0) is 11.2 Å². The Labute approximate surface area is 180 Å². The Morgan fingerprint density at radius 1 is 0.967 bits per heavy atom. The number of aromatic hydroxyl groups is 1. The molecule has 0 spiro atoms. The van der Waals surface area contributed by atoms with Gasteiger partial charge in [0.15, 0.2) is 0 Å². The molecule has 0 saturated heterocycles. The topological polar surface area (TPSA) is 62.2 Å². The number of carbonyl (C=O) groups is 1. The van der Waals surface area contributed by atoms with Crippen molar-refractivity contribution in [2.24, 2.45) is 0 Å². The van der Waals surface area contributed by atoms with E-state index in [2.05, 4.69) is 10.3 Å². The second kappa shape index (κ2) is 8.97. The summed E-state index contributed by atoms with van der Waals surface area (Å²) in [6.45, 7) is 0. The van der Waals surface area contributed by atoms with Crippen LogP contribution in [0.25, 0.3) is 10.9 Å². The predicted octanol–water partition coefficient (Wildman–Crippen LogP) is 5.43. The Morgan fingerprint density at radius 3 is 2.50 bits per heavy atom. The molecule has 1 aromatic heterocycles. The van der Waals surface area contributed by atoms with Crippen molar-refractivity contribution in [1.29, 1.82) is 0 Å². The fourth-order valence-corrected chi connectivity index (χ4v) is 3.64. The van der Waals surface area contributed by atoms with Crippen molar-refractivity contribution in [2.45, 2.75) is 18.9 Å². The van der Waals surface area contributed by atoms with Crippen molar-refractivity contribution in [3.05, 3.63) is 107 Å². The number of nitrogens with zero attached hydrogens (tertiary/aromatic N) is 1. The monoisotopic (exact) mass is 416 g/mol. The maximum Gasteiger partial charge on any atom is 0.221 e. The highest BCUT2D eigenvalue weighted by atomic mass is 35.5. The van der Waals surface area contributed by atoms with Gasteiger partial charge in [0.05, 0.1) is 6.04 Å². The van der Waals surface area contributed by atoms with Gasteiger partial charge >= 0.3 is 0 Å². The zero-order valence-corrected chi connectivity index (χ0v) is 17.0. The van der Waals surface area contributed by atoms with Crippen molar-refractivity contribution >= 4 is 28.4 Å². The van der Waals surface area contributed by atoms with Gasteiger partial charge in [-0.15, -0.1) is 0 Å². The van der Waals surface area contributed by atoms with E-state index >= 15 is 0 Å². The SMILES string of the molecule is O=C(CCc1ccccc1)N[C@@H](c1ccc(Cl)cc1)c1ccc2cccnc2c1O. The molecular weight excluding hydrogens is 396 g/mol. The Hall–Kier alpha value is -3.37. The van der Waals surface area contributed by atoms with Crippen LogP contribution >= 0.6 is 11.6 Å². The summed E-state index contributed by atoms with van der Waals surface area (Å²) in [7, 11) is 0. The molecule has 4 aromatic rings. The third-order valence-electron chi connectivity index (χ3n) is 5.08. The summed E-state index contributed by atoms with van der Waals surface area (Å²) >= 11 is 6.05. The molecule has 0 fully saturated rings. The van der Waals surface area contributed by atoms with E-state index in [0.717, 1.165) is 16.5 Å². The fraction of sp³-hybridized carbons (Fsp3) is 0.120. The van der Waals surface area contributed by atoms with Gasteiger partial charge in [-0.05, 0) is 35.7 Å². The molecule has 0 bridgehead atoms. The number of hydrogen-bond donors (Lipinski definition) is 2. The molecule has 4 nitrogen and oxygen atoms in total. The largest absolute Gasteiger partial charge is 0.505 e. The van der Waals surface area contributed by atoms with Crippen LogP contribution in [0, 0.1) is 0 Å². The number of nitrogens with one attached hydrogen (secondary N) is 1. The van der Waals surface area contributed by atoms with Crippen LogP contribution in [0.3, 0.4) is 0 Å². The molecule has 0 unspecified atom stereocenters. The highest BCUT2D eigenvalue weighted by molar-refractivity contribution is 6.30. The summed E-state index contributed by atoms with van der Waals surface area (Å²) in [5.41, 5.74) is 3.04. The van der Waals surface area contributed by atoms with Gasteiger partial charge in [-0.25, -0.2) is 0 Å². The molecule has 5 heteroatoms. The minimum atomic E-state index is -0.517. The number of amides is 1. The van der Waals surface area contributed by atoms with Gasteiger partial charge in [0, 0.05) is 28.6 Å². The Balaban J connectivity index is 1.64. The lowest BCUT2D eigenvalue weighted by Crippen LogP contribution is -2.29. The lowest BCUT2D eigenvalue weighted by atomic mass is 9.96. The van der Waals surface area contributed by atoms with Crippen molar-refractivity contribution < 1.29 is 9.90 Å². The number of carbonyl (C=O) groups excluding carboxylic acids is 1. The smallest absolute Gasteiger partial charge is 0.221 e. The van der Waals surface area contributed by atoms with E-state index in [9.17, 15) is 9.90 Å². The second-order valence-electron chi connectivity index (χ2n) is 7.12. The first-order valence-electron chi connectivity index (χ1n) is 9.77. The van der Waals surface area contributed by atoms with E-state index in [1.54, 1.807) is 18.3 Å². The van der Waals surface area contributed by atoms with Gasteiger partial charge in [0.1, 0.15) is 11.3 Å². The molecule has 0 aliphatic rings. The highest BCUT2D eigenvalue weighted by Gasteiger charge is 2.21. The molecule has 0 radical (unpaired) electrons. The van der Waals surface area contributed by atoms with Crippen LogP contribution in [-0.4, -0.2) is 16.0 Å². The van der Waals surface area contributed by atoms with Crippen molar-refractivity contribution in [3.8, 4) is 5.75 Å². The fourth-order valence-electron chi connectivity index (χ4n) is 3.51. The normalized spacial score (nSPS) is 11.9. The van der Waals surface area contributed by atoms with E-state index in [-0.39, 0.29) is 11.7 Å². The van der Waals surface area contributed by atoms with Crippen LogP contribution in [0.5, 0.6) is 5.75 Å². The highest BCUT2D eigenvalue weighted by Crippen LogP contribution is 2.34. The average molecular weight is 417 g/mol. The van der Waals surface area contributed by atoms with Gasteiger partial charge in [-0.3, -0.25) is 9.78 Å². The Kier molecular flexibility index (Phi) is 5.96. The molecule has 1 heterocycles. The van der Waals surface area contributed by atoms with Gasteiger partial charge in [0.2, 0.25) is 5.91 Å². The number of halogens is 1. The zero-order chi connectivity index (χ0) is 20.9. The van der Waals surface area contributed by atoms with Crippen LogP contribution in [0.2, 0.25) is 5.02 Å². The number of aromatic nitrogens is 1. The number of phenolic OH excluding ortho intramolecular Hbond substituents is 1. The van der Waals surface area contributed by atoms with Gasteiger partial charge in [0.25, 0.3) is 0 Å². The Bertz CT molecular complexity index is 1160. The average Bonchev–Trinajstić information content (AvgIpc) is 2.78. The number of benzene rings is 3. The first-order chi connectivity index (χ1) is 14.6. The summed E-state index contributed by atoms with van der Waals surface area (Å²) < 4.78 is 0. The van der Waals surface area contributed by atoms with Crippen molar-refractivity contribution in [2.75, 3.05) is 0 Å². The number of pyridine rings is 1. The maximum absolute atomic E-state index is 12.8.